The van der Waals surface area contributed by atoms with Crippen molar-refractivity contribution in [3.05, 3.63) is 11.1 Å². The van der Waals surface area contributed by atoms with Gasteiger partial charge in [0.05, 0.1) is 12.1 Å². The summed E-state index contributed by atoms with van der Waals surface area (Å²) in [5, 5.41) is 13.7. The van der Waals surface area contributed by atoms with Gasteiger partial charge in [-0.2, -0.15) is 0 Å². The summed E-state index contributed by atoms with van der Waals surface area (Å²) in [5.74, 6) is -0.658. The molecular weight excluding hydrogens is 240 g/mol. The van der Waals surface area contributed by atoms with E-state index in [1.807, 2.05) is 0 Å². The van der Waals surface area contributed by atoms with Gasteiger partial charge in [0.15, 0.2) is 5.13 Å². The molecule has 0 unspecified atom stereocenters. The SMILES string of the molecule is O=C(O)CCc1csc(NC(=O)C2CCC2)n1. The van der Waals surface area contributed by atoms with Crippen LogP contribution >= 0.6 is 11.3 Å². The third kappa shape index (κ3) is 3.26. The van der Waals surface area contributed by atoms with Crippen molar-refractivity contribution in [2.45, 2.75) is 32.1 Å². The van der Waals surface area contributed by atoms with Crippen LogP contribution < -0.4 is 5.32 Å². The molecule has 0 saturated heterocycles. The molecule has 17 heavy (non-hydrogen) atoms. The molecule has 0 aromatic carbocycles. The Hall–Kier alpha value is -1.43. The summed E-state index contributed by atoms with van der Waals surface area (Å²) in [6.07, 6.45) is 3.52. The summed E-state index contributed by atoms with van der Waals surface area (Å²) >= 11 is 1.35. The fraction of sp³-hybridized carbons (Fsp3) is 0.545. The number of carbonyl (C=O) groups excluding carboxylic acids is 1. The van der Waals surface area contributed by atoms with Gasteiger partial charge in [-0.1, -0.05) is 6.42 Å². The monoisotopic (exact) mass is 254 g/mol. The number of hydrogen-bond donors (Lipinski definition) is 2. The minimum Gasteiger partial charge on any atom is -0.481 e. The molecule has 1 fully saturated rings. The van der Waals surface area contributed by atoms with Gasteiger partial charge in [-0.15, -0.1) is 11.3 Å². The molecule has 1 aliphatic carbocycles. The number of carboxylic acid groups (broad SMARTS) is 1. The topological polar surface area (TPSA) is 79.3 Å². The molecular formula is C11H14N2O3S. The van der Waals surface area contributed by atoms with Crippen LogP contribution in [0.15, 0.2) is 5.38 Å². The first-order valence-corrected chi connectivity index (χ1v) is 6.50. The van der Waals surface area contributed by atoms with Gasteiger partial charge in [0, 0.05) is 17.7 Å². The van der Waals surface area contributed by atoms with E-state index in [2.05, 4.69) is 10.3 Å². The van der Waals surface area contributed by atoms with Crippen LogP contribution in [0.2, 0.25) is 0 Å². The van der Waals surface area contributed by atoms with E-state index in [0.717, 1.165) is 25.0 Å². The predicted molar refractivity (Wildman–Crippen MR) is 64.0 cm³/mol. The Bertz CT molecular complexity index is 426. The van der Waals surface area contributed by atoms with Crippen molar-refractivity contribution in [2.24, 2.45) is 5.92 Å². The van der Waals surface area contributed by atoms with Gasteiger partial charge < -0.3 is 10.4 Å². The Kier molecular flexibility index (Phi) is 3.73. The van der Waals surface area contributed by atoms with E-state index in [9.17, 15) is 9.59 Å². The lowest BCUT2D eigenvalue weighted by atomic mass is 9.85. The second-order valence-electron chi connectivity index (χ2n) is 4.15. The van der Waals surface area contributed by atoms with Crippen LogP contribution in [-0.4, -0.2) is 22.0 Å². The van der Waals surface area contributed by atoms with E-state index in [0.29, 0.717) is 11.6 Å². The molecule has 2 rings (SSSR count). The smallest absolute Gasteiger partial charge is 0.303 e. The summed E-state index contributed by atoms with van der Waals surface area (Å²) in [6.45, 7) is 0. The zero-order valence-corrected chi connectivity index (χ0v) is 10.1. The van der Waals surface area contributed by atoms with Crippen LogP contribution in [0.1, 0.15) is 31.4 Å². The molecule has 1 aromatic rings. The molecule has 1 aliphatic rings. The zero-order chi connectivity index (χ0) is 12.3. The second kappa shape index (κ2) is 5.27. The number of nitrogens with one attached hydrogen (secondary N) is 1. The maximum atomic E-state index is 11.6. The summed E-state index contributed by atoms with van der Waals surface area (Å²) in [7, 11) is 0. The number of hydrogen-bond acceptors (Lipinski definition) is 4. The standard InChI is InChI=1S/C11H14N2O3S/c14-9(15)5-4-8-6-17-11(12-8)13-10(16)7-2-1-3-7/h6-7H,1-5H2,(H,14,15)(H,12,13,16). The number of aromatic nitrogens is 1. The second-order valence-corrected chi connectivity index (χ2v) is 5.01. The molecule has 1 aromatic heterocycles. The van der Waals surface area contributed by atoms with Crippen LogP contribution in [-0.2, 0) is 16.0 Å². The highest BCUT2D eigenvalue weighted by molar-refractivity contribution is 7.13. The minimum atomic E-state index is -0.835. The van der Waals surface area contributed by atoms with E-state index < -0.39 is 5.97 Å². The van der Waals surface area contributed by atoms with Crippen molar-refractivity contribution >= 4 is 28.3 Å². The van der Waals surface area contributed by atoms with E-state index in [4.69, 9.17) is 5.11 Å². The molecule has 0 spiro atoms. The molecule has 0 aliphatic heterocycles. The molecule has 0 radical (unpaired) electrons. The Morgan fingerprint density at radius 2 is 2.29 bits per heavy atom. The quantitative estimate of drug-likeness (QED) is 0.841. The zero-order valence-electron chi connectivity index (χ0n) is 9.31. The van der Waals surface area contributed by atoms with Crippen molar-refractivity contribution in [1.82, 2.24) is 4.98 Å². The number of amides is 1. The number of rotatable bonds is 5. The molecule has 1 saturated carbocycles. The van der Waals surface area contributed by atoms with Crippen LogP contribution in [0, 0.1) is 5.92 Å². The third-order valence-electron chi connectivity index (χ3n) is 2.85. The third-order valence-corrected chi connectivity index (χ3v) is 3.66. The van der Waals surface area contributed by atoms with E-state index in [-0.39, 0.29) is 18.2 Å². The predicted octanol–water partition coefficient (Wildman–Crippen LogP) is 1.90. The summed E-state index contributed by atoms with van der Waals surface area (Å²) in [5.41, 5.74) is 0.723. The van der Waals surface area contributed by atoms with Gasteiger partial charge >= 0.3 is 5.97 Å². The van der Waals surface area contributed by atoms with E-state index >= 15 is 0 Å². The van der Waals surface area contributed by atoms with Gasteiger partial charge in [-0.05, 0) is 12.8 Å². The van der Waals surface area contributed by atoms with E-state index in [1.54, 1.807) is 5.38 Å². The fourth-order valence-electron chi connectivity index (χ4n) is 1.59. The molecule has 92 valence electrons. The highest BCUT2D eigenvalue weighted by atomic mass is 32.1. The molecule has 1 heterocycles. The van der Waals surface area contributed by atoms with Crippen LogP contribution in [0.5, 0.6) is 0 Å². The van der Waals surface area contributed by atoms with Crippen molar-refractivity contribution in [1.29, 1.82) is 0 Å². The lowest BCUT2D eigenvalue weighted by Crippen LogP contribution is -2.27. The molecule has 0 atom stereocenters. The van der Waals surface area contributed by atoms with Crippen LogP contribution in [0.4, 0.5) is 5.13 Å². The van der Waals surface area contributed by atoms with Gasteiger partial charge in [0.2, 0.25) is 5.91 Å². The lowest BCUT2D eigenvalue weighted by molar-refractivity contribution is -0.137. The summed E-state index contributed by atoms with van der Waals surface area (Å²) in [6, 6.07) is 0. The Morgan fingerprint density at radius 1 is 1.53 bits per heavy atom. The Balaban J connectivity index is 1.84. The average molecular weight is 254 g/mol. The summed E-state index contributed by atoms with van der Waals surface area (Å²) < 4.78 is 0. The average Bonchev–Trinajstić information content (AvgIpc) is 2.59. The summed E-state index contributed by atoms with van der Waals surface area (Å²) in [4.78, 5) is 26.2. The fourth-order valence-corrected chi connectivity index (χ4v) is 2.34. The molecule has 1 amide bonds. The van der Waals surface area contributed by atoms with E-state index in [1.165, 1.54) is 11.3 Å². The molecule has 2 N–H and O–H groups in total. The number of aryl methyl sites for hydroxylation is 1. The first kappa shape index (κ1) is 12.0. The Labute approximate surface area is 103 Å². The Morgan fingerprint density at radius 3 is 2.88 bits per heavy atom. The van der Waals surface area contributed by atoms with Gasteiger partial charge in [0.25, 0.3) is 0 Å². The number of anilines is 1. The van der Waals surface area contributed by atoms with Gasteiger partial charge in [0.1, 0.15) is 0 Å². The number of carboxylic acids is 1. The molecule has 0 bridgehead atoms. The van der Waals surface area contributed by atoms with Crippen LogP contribution in [0.25, 0.3) is 0 Å². The highest BCUT2D eigenvalue weighted by Gasteiger charge is 2.25. The maximum Gasteiger partial charge on any atom is 0.303 e. The van der Waals surface area contributed by atoms with Crippen molar-refractivity contribution < 1.29 is 14.7 Å². The van der Waals surface area contributed by atoms with Gasteiger partial charge in [-0.3, -0.25) is 9.59 Å². The highest BCUT2D eigenvalue weighted by Crippen LogP contribution is 2.28. The minimum absolute atomic E-state index is 0.0374. The van der Waals surface area contributed by atoms with Crippen molar-refractivity contribution in [3.63, 3.8) is 0 Å². The number of thiazole rings is 1. The van der Waals surface area contributed by atoms with Crippen molar-refractivity contribution in [3.8, 4) is 0 Å². The lowest BCUT2D eigenvalue weighted by Gasteiger charge is -2.23. The number of carbonyl (C=O) groups is 2. The molecule has 6 heteroatoms. The molecule has 5 nitrogen and oxygen atoms in total. The van der Waals surface area contributed by atoms with Crippen molar-refractivity contribution in [2.75, 3.05) is 5.32 Å². The number of nitrogens with zero attached hydrogens (tertiary/aromatic N) is 1. The first-order valence-electron chi connectivity index (χ1n) is 5.62. The first-order chi connectivity index (χ1) is 8.15. The normalized spacial score (nSPS) is 15.3. The maximum absolute atomic E-state index is 11.6. The largest absolute Gasteiger partial charge is 0.481 e. The van der Waals surface area contributed by atoms with Crippen LogP contribution in [0.3, 0.4) is 0 Å². The van der Waals surface area contributed by atoms with Gasteiger partial charge in [-0.25, -0.2) is 4.98 Å². The number of aliphatic carboxylic acids is 1.